The first-order valence-electron chi connectivity index (χ1n) is 11.7. The van der Waals surface area contributed by atoms with Gasteiger partial charge in [0.05, 0.1) is 0 Å². The molecule has 0 spiro atoms. The van der Waals surface area contributed by atoms with Crippen LogP contribution in [-0.2, 0) is 10.2 Å². The number of carbonyl (C=O) groups is 1. The maximum atomic E-state index is 13.5. The molecule has 9 nitrogen and oxygen atoms in total. The molecular weight excluding hydrogens is 418 g/mol. The summed E-state index contributed by atoms with van der Waals surface area (Å²) in [6.45, 7) is 5.76. The van der Waals surface area contributed by atoms with Gasteiger partial charge in [0.2, 0.25) is 0 Å². The van der Waals surface area contributed by atoms with Crippen molar-refractivity contribution in [1.82, 2.24) is 24.0 Å². The van der Waals surface area contributed by atoms with E-state index in [-0.39, 0.29) is 24.0 Å². The van der Waals surface area contributed by atoms with Crippen LogP contribution in [0.1, 0.15) is 74.0 Å². The van der Waals surface area contributed by atoms with E-state index in [1.54, 1.807) is 14.7 Å². The lowest BCUT2D eigenvalue weighted by molar-refractivity contribution is 0.0746. The smallest absolute Gasteiger partial charge is 0.282 e. The van der Waals surface area contributed by atoms with Crippen LogP contribution >= 0.6 is 0 Å². The molecule has 10 heteroatoms. The van der Waals surface area contributed by atoms with Gasteiger partial charge in [-0.3, -0.25) is 4.79 Å². The molecular formula is C21H33N5O4S. The van der Waals surface area contributed by atoms with Crippen LogP contribution in [0.15, 0.2) is 10.6 Å². The van der Waals surface area contributed by atoms with Crippen molar-refractivity contribution in [3.8, 4) is 0 Å². The molecule has 1 unspecified atom stereocenters. The number of piperidine rings is 2. The van der Waals surface area contributed by atoms with Gasteiger partial charge in [0.25, 0.3) is 16.1 Å². The Morgan fingerprint density at radius 1 is 1.13 bits per heavy atom. The molecule has 3 atom stereocenters. The molecule has 3 saturated heterocycles. The number of hydrogen-bond donors (Lipinski definition) is 1. The van der Waals surface area contributed by atoms with Gasteiger partial charge in [0, 0.05) is 56.3 Å². The normalized spacial score (nSPS) is 30.9. The van der Waals surface area contributed by atoms with E-state index >= 15 is 0 Å². The molecule has 1 aromatic heterocycles. The van der Waals surface area contributed by atoms with Crippen molar-refractivity contribution in [1.29, 1.82) is 0 Å². The van der Waals surface area contributed by atoms with Gasteiger partial charge in [-0.2, -0.15) is 17.0 Å². The van der Waals surface area contributed by atoms with E-state index in [0.717, 1.165) is 57.5 Å². The fourth-order valence-corrected chi connectivity index (χ4v) is 7.49. The Morgan fingerprint density at radius 3 is 2.42 bits per heavy atom. The second kappa shape index (κ2) is 8.46. The highest BCUT2D eigenvalue weighted by molar-refractivity contribution is 7.86. The largest absolute Gasteiger partial charge is 0.360 e. The molecule has 2 bridgehead atoms. The van der Waals surface area contributed by atoms with Crippen molar-refractivity contribution >= 4 is 16.1 Å². The van der Waals surface area contributed by atoms with Crippen LogP contribution in [0.3, 0.4) is 0 Å². The Bertz CT molecular complexity index is 893. The van der Waals surface area contributed by atoms with Crippen molar-refractivity contribution in [2.45, 2.75) is 75.9 Å². The molecule has 1 saturated carbocycles. The molecule has 172 valence electrons. The van der Waals surface area contributed by atoms with Crippen LogP contribution in [-0.4, -0.2) is 83.8 Å². The number of piperazine rings is 1. The highest BCUT2D eigenvalue weighted by Crippen LogP contribution is 2.40. The van der Waals surface area contributed by atoms with Crippen LogP contribution < -0.4 is 5.32 Å². The number of carbonyl (C=O) groups excluding carboxylic acids is 1. The Labute approximate surface area is 184 Å². The lowest BCUT2D eigenvalue weighted by Gasteiger charge is -2.49. The molecule has 3 aliphatic heterocycles. The van der Waals surface area contributed by atoms with E-state index in [0.29, 0.717) is 37.5 Å². The second-order valence-corrected chi connectivity index (χ2v) is 11.3. The maximum Gasteiger partial charge on any atom is 0.282 e. The van der Waals surface area contributed by atoms with Gasteiger partial charge in [-0.15, -0.1) is 0 Å². The second-order valence-electron chi connectivity index (χ2n) is 9.44. The van der Waals surface area contributed by atoms with Crippen molar-refractivity contribution < 1.29 is 17.7 Å². The molecule has 4 fully saturated rings. The summed E-state index contributed by atoms with van der Waals surface area (Å²) in [5, 5.41) is 7.04. The van der Waals surface area contributed by atoms with Crippen molar-refractivity contribution in [2.75, 3.05) is 32.7 Å². The SMILES string of the molecule is CCN1CCN(S(=O)(=O)N2[C@@H]3CCC[C@H]2CC(NC(=O)c2cc(C4CC4)on2)C3)CC1. The summed E-state index contributed by atoms with van der Waals surface area (Å²) in [4.78, 5) is 15.0. The average molecular weight is 452 g/mol. The number of nitrogens with zero attached hydrogens (tertiary/aromatic N) is 4. The van der Waals surface area contributed by atoms with Gasteiger partial charge in [-0.1, -0.05) is 18.5 Å². The summed E-state index contributed by atoms with van der Waals surface area (Å²) in [6.07, 6.45) is 6.26. The van der Waals surface area contributed by atoms with Gasteiger partial charge in [0.15, 0.2) is 5.69 Å². The van der Waals surface area contributed by atoms with E-state index in [9.17, 15) is 13.2 Å². The fraction of sp³-hybridized carbons (Fsp3) is 0.810. The topological polar surface area (TPSA) is 99.0 Å². The third kappa shape index (κ3) is 4.27. The third-order valence-electron chi connectivity index (χ3n) is 7.35. The summed E-state index contributed by atoms with van der Waals surface area (Å²) >= 11 is 0. The van der Waals surface area contributed by atoms with Crippen molar-refractivity contribution in [2.24, 2.45) is 0 Å². The number of amides is 1. The molecule has 4 heterocycles. The first-order chi connectivity index (χ1) is 15.0. The Kier molecular flexibility index (Phi) is 5.83. The minimum atomic E-state index is -3.48. The predicted octanol–water partition coefficient (Wildman–Crippen LogP) is 1.55. The number of hydrogen-bond acceptors (Lipinski definition) is 6. The molecule has 5 rings (SSSR count). The van der Waals surface area contributed by atoms with Crippen LogP contribution in [0.25, 0.3) is 0 Å². The quantitative estimate of drug-likeness (QED) is 0.705. The molecule has 1 N–H and O–H groups in total. The molecule has 1 amide bonds. The van der Waals surface area contributed by atoms with Crippen LogP contribution in [0.5, 0.6) is 0 Å². The Balaban J connectivity index is 1.24. The van der Waals surface area contributed by atoms with E-state index in [2.05, 4.69) is 22.3 Å². The Hall–Kier alpha value is -1.49. The summed E-state index contributed by atoms with van der Waals surface area (Å²) < 4.78 is 35.7. The molecule has 0 radical (unpaired) electrons. The van der Waals surface area contributed by atoms with Gasteiger partial charge in [-0.25, -0.2) is 0 Å². The van der Waals surface area contributed by atoms with Crippen LogP contribution in [0, 0.1) is 0 Å². The van der Waals surface area contributed by atoms with Crippen molar-refractivity contribution in [3.05, 3.63) is 17.5 Å². The number of aromatic nitrogens is 1. The molecule has 31 heavy (non-hydrogen) atoms. The zero-order valence-electron chi connectivity index (χ0n) is 18.2. The first kappa shape index (κ1) is 21.4. The highest BCUT2D eigenvalue weighted by atomic mass is 32.2. The molecule has 1 aliphatic carbocycles. The Morgan fingerprint density at radius 2 is 1.81 bits per heavy atom. The van der Waals surface area contributed by atoms with Gasteiger partial charge in [0.1, 0.15) is 5.76 Å². The minimum absolute atomic E-state index is 0.0349. The number of likely N-dealkylation sites (N-methyl/N-ethyl adjacent to an activating group) is 1. The number of fused-ring (bicyclic) bond motifs is 2. The third-order valence-corrected chi connectivity index (χ3v) is 9.50. The lowest BCUT2D eigenvalue weighted by atomic mass is 9.84. The van der Waals surface area contributed by atoms with Gasteiger partial charge < -0.3 is 14.7 Å². The highest BCUT2D eigenvalue weighted by Gasteiger charge is 2.47. The maximum absolute atomic E-state index is 13.5. The summed E-state index contributed by atoms with van der Waals surface area (Å²) in [5.74, 6) is 0.998. The zero-order chi connectivity index (χ0) is 21.6. The van der Waals surface area contributed by atoms with Crippen molar-refractivity contribution in [3.63, 3.8) is 0 Å². The van der Waals surface area contributed by atoms with E-state index in [1.165, 1.54) is 0 Å². The van der Waals surface area contributed by atoms with Crippen LogP contribution in [0.2, 0.25) is 0 Å². The van der Waals surface area contributed by atoms with E-state index in [4.69, 9.17) is 4.52 Å². The monoisotopic (exact) mass is 451 g/mol. The van der Waals surface area contributed by atoms with Crippen LogP contribution in [0.4, 0.5) is 0 Å². The number of nitrogens with one attached hydrogen (secondary N) is 1. The fourth-order valence-electron chi connectivity index (χ4n) is 5.46. The van der Waals surface area contributed by atoms with E-state index in [1.807, 2.05) is 0 Å². The first-order valence-corrected chi connectivity index (χ1v) is 13.1. The lowest BCUT2D eigenvalue weighted by Crippen LogP contribution is -2.63. The number of rotatable bonds is 6. The average Bonchev–Trinajstić information content (AvgIpc) is 3.49. The molecule has 4 aliphatic rings. The standard InChI is InChI=1S/C21H33N5O4S/c1-2-24-8-10-25(11-9-24)31(28,29)26-17-4-3-5-18(26)13-16(12-17)22-21(27)19-14-20(30-23-19)15-6-7-15/h14-18H,2-13H2,1H3,(H,22,27)/t16?,17-,18+. The van der Waals surface area contributed by atoms with Gasteiger partial charge in [-0.05, 0) is 45.1 Å². The van der Waals surface area contributed by atoms with Gasteiger partial charge >= 0.3 is 0 Å². The summed E-state index contributed by atoms with van der Waals surface area (Å²) in [6, 6.07) is 1.62. The minimum Gasteiger partial charge on any atom is -0.360 e. The van der Waals surface area contributed by atoms with E-state index < -0.39 is 10.2 Å². The summed E-state index contributed by atoms with van der Waals surface area (Å²) in [5.41, 5.74) is 0.330. The predicted molar refractivity (Wildman–Crippen MR) is 115 cm³/mol. The molecule has 0 aromatic carbocycles. The zero-order valence-corrected chi connectivity index (χ0v) is 19.0. The summed E-state index contributed by atoms with van der Waals surface area (Å²) in [7, 11) is -3.48. The molecule has 1 aromatic rings.